The Morgan fingerprint density at radius 2 is 2.31 bits per heavy atom. The van der Waals surface area contributed by atoms with E-state index >= 15 is 0 Å². The van der Waals surface area contributed by atoms with E-state index in [0.717, 1.165) is 35.6 Å². The maximum absolute atomic E-state index is 5.54. The Morgan fingerprint density at radius 1 is 1.44 bits per heavy atom. The molecule has 0 saturated carbocycles. The number of hydrogen-bond donors (Lipinski definition) is 1. The van der Waals surface area contributed by atoms with Gasteiger partial charge in [0.1, 0.15) is 11.3 Å². The molecular formula is C12H16N2O2. The summed E-state index contributed by atoms with van der Waals surface area (Å²) in [6.07, 6.45) is 1.66. The first-order valence-electron chi connectivity index (χ1n) is 5.56. The molecule has 0 atom stereocenters. The van der Waals surface area contributed by atoms with E-state index in [1.165, 1.54) is 0 Å². The number of aryl methyl sites for hydroxylation is 1. The summed E-state index contributed by atoms with van der Waals surface area (Å²) in [6.45, 7) is 3.30. The fourth-order valence-corrected chi connectivity index (χ4v) is 1.47. The molecule has 4 heteroatoms. The fraction of sp³-hybridized carbons (Fsp3) is 0.417. The summed E-state index contributed by atoms with van der Waals surface area (Å²) in [5.74, 6) is 1.58. The van der Waals surface area contributed by atoms with Crippen LogP contribution in [0.15, 0.2) is 22.6 Å². The number of nitrogens with two attached hydrogens (primary N) is 1. The molecule has 1 heterocycles. The Hall–Kier alpha value is -1.55. The molecule has 1 aromatic carbocycles. The first kappa shape index (κ1) is 11.0. The average Bonchev–Trinajstić information content (AvgIpc) is 2.71. The average molecular weight is 220 g/mol. The molecule has 4 nitrogen and oxygen atoms in total. The van der Waals surface area contributed by atoms with Crippen molar-refractivity contribution in [1.82, 2.24) is 4.98 Å². The van der Waals surface area contributed by atoms with Gasteiger partial charge in [-0.2, -0.15) is 0 Å². The van der Waals surface area contributed by atoms with Gasteiger partial charge in [-0.1, -0.05) is 6.92 Å². The molecule has 0 saturated heterocycles. The summed E-state index contributed by atoms with van der Waals surface area (Å²) < 4.78 is 11.0. The van der Waals surface area contributed by atoms with Gasteiger partial charge in [-0.15, -0.1) is 0 Å². The molecule has 2 rings (SSSR count). The minimum absolute atomic E-state index is 0.639. The van der Waals surface area contributed by atoms with Crippen LogP contribution in [-0.4, -0.2) is 18.1 Å². The summed E-state index contributed by atoms with van der Waals surface area (Å²) >= 11 is 0. The molecule has 86 valence electrons. The van der Waals surface area contributed by atoms with Crippen molar-refractivity contribution in [1.29, 1.82) is 0 Å². The fourth-order valence-electron chi connectivity index (χ4n) is 1.47. The molecular weight excluding hydrogens is 204 g/mol. The molecule has 16 heavy (non-hydrogen) atoms. The Balaban J connectivity index is 2.15. The lowest BCUT2D eigenvalue weighted by molar-refractivity contribution is 0.314. The Labute approximate surface area is 94.4 Å². The van der Waals surface area contributed by atoms with Crippen LogP contribution in [0.4, 0.5) is 0 Å². The third-order valence-electron chi connectivity index (χ3n) is 2.32. The van der Waals surface area contributed by atoms with E-state index in [2.05, 4.69) is 4.98 Å². The summed E-state index contributed by atoms with van der Waals surface area (Å²) in [7, 11) is 0. The number of rotatable bonds is 5. The minimum Gasteiger partial charge on any atom is -0.493 e. The highest BCUT2D eigenvalue weighted by atomic mass is 16.5. The lowest BCUT2D eigenvalue weighted by atomic mass is 10.3. The smallest absolute Gasteiger partial charge is 0.195 e. The van der Waals surface area contributed by atoms with Gasteiger partial charge in [-0.05, 0) is 25.1 Å². The first-order valence-corrected chi connectivity index (χ1v) is 5.56. The van der Waals surface area contributed by atoms with Crippen molar-refractivity contribution in [2.24, 2.45) is 5.73 Å². The third-order valence-corrected chi connectivity index (χ3v) is 2.32. The molecule has 0 aliphatic carbocycles. The van der Waals surface area contributed by atoms with Crippen molar-refractivity contribution in [3.63, 3.8) is 0 Å². The molecule has 0 aliphatic rings. The molecule has 0 fully saturated rings. The van der Waals surface area contributed by atoms with Gasteiger partial charge in [0.15, 0.2) is 11.5 Å². The second-order valence-electron chi connectivity index (χ2n) is 3.58. The maximum atomic E-state index is 5.54. The van der Waals surface area contributed by atoms with Crippen molar-refractivity contribution in [3.05, 3.63) is 24.1 Å². The van der Waals surface area contributed by atoms with E-state index < -0.39 is 0 Å². The molecule has 2 N–H and O–H groups in total. The summed E-state index contributed by atoms with van der Waals surface area (Å²) in [5, 5.41) is 0. The number of nitrogens with zero attached hydrogens (tertiary/aromatic N) is 1. The molecule has 2 aromatic rings. The van der Waals surface area contributed by atoms with E-state index in [1.807, 2.05) is 25.1 Å². The van der Waals surface area contributed by atoms with E-state index in [0.29, 0.717) is 13.2 Å². The molecule has 1 aromatic heterocycles. The van der Waals surface area contributed by atoms with Gasteiger partial charge in [0.2, 0.25) is 0 Å². The largest absolute Gasteiger partial charge is 0.493 e. The van der Waals surface area contributed by atoms with Crippen molar-refractivity contribution >= 4 is 11.1 Å². The molecule has 0 unspecified atom stereocenters. The van der Waals surface area contributed by atoms with Crippen LogP contribution in [0.2, 0.25) is 0 Å². The number of fused-ring (bicyclic) bond motifs is 1. The zero-order valence-electron chi connectivity index (χ0n) is 9.40. The highest BCUT2D eigenvalue weighted by Gasteiger charge is 2.05. The van der Waals surface area contributed by atoms with E-state index in [9.17, 15) is 0 Å². The number of aromatic nitrogens is 1. The number of hydrogen-bond acceptors (Lipinski definition) is 4. The molecule has 0 radical (unpaired) electrons. The predicted molar refractivity (Wildman–Crippen MR) is 62.6 cm³/mol. The van der Waals surface area contributed by atoms with Crippen LogP contribution in [0.3, 0.4) is 0 Å². The second-order valence-corrected chi connectivity index (χ2v) is 3.58. The highest BCUT2D eigenvalue weighted by molar-refractivity contribution is 5.74. The summed E-state index contributed by atoms with van der Waals surface area (Å²) in [5.41, 5.74) is 7.05. The van der Waals surface area contributed by atoms with Crippen LogP contribution in [0.1, 0.15) is 19.2 Å². The Morgan fingerprint density at radius 3 is 3.06 bits per heavy atom. The summed E-state index contributed by atoms with van der Waals surface area (Å²) in [6, 6.07) is 5.68. The van der Waals surface area contributed by atoms with Gasteiger partial charge in [0, 0.05) is 12.5 Å². The third kappa shape index (κ3) is 2.33. The standard InChI is InChI=1S/C12H16N2O2/c1-2-12-14-10-8-9(15-7-3-6-13)4-5-11(10)16-12/h4-5,8H,2-3,6-7,13H2,1H3. The molecule has 0 aliphatic heterocycles. The van der Waals surface area contributed by atoms with Crippen molar-refractivity contribution in [2.45, 2.75) is 19.8 Å². The zero-order chi connectivity index (χ0) is 11.4. The lowest BCUT2D eigenvalue weighted by Gasteiger charge is -2.03. The maximum Gasteiger partial charge on any atom is 0.195 e. The van der Waals surface area contributed by atoms with Crippen LogP contribution in [0.25, 0.3) is 11.1 Å². The number of oxazole rings is 1. The predicted octanol–water partition coefficient (Wildman–Crippen LogP) is 2.12. The van der Waals surface area contributed by atoms with Crippen LogP contribution < -0.4 is 10.5 Å². The van der Waals surface area contributed by atoms with Crippen LogP contribution in [0, 0.1) is 0 Å². The Kier molecular flexibility index (Phi) is 3.41. The summed E-state index contributed by atoms with van der Waals surface area (Å²) in [4.78, 5) is 4.35. The van der Waals surface area contributed by atoms with Gasteiger partial charge in [-0.25, -0.2) is 4.98 Å². The van der Waals surface area contributed by atoms with Gasteiger partial charge in [0.25, 0.3) is 0 Å². The second kappa shape index (κ2) is 4.99. The van der Waals surface area contributed by atoms with Crippen molar-refractivity contribution in [3.8, 4) is 5.75 Å². The van der Waals surface area contributed by atoms with E-state index in [1.54, 1.807) is 0 Å². The minimum atomic E-state index is 0.639. The van der Waals surface area contributed by atoms with Crippen LogP contribution in [0.5, 0.6) is 5.75 Å². The quantitative estimate of drug-likeness (QED) is 0.784. The highest BCUT2D eigenvalue weighted by Crippen LogP contribution is 2.21. The van der Waals surface area contributed by atoms with Crippen molar-refractivity contribution < 1.29 is 9.15 Å². The Bertz CT molecular complexity index is 465. The SMILES string of the molecule is CCc1nc2cc(OCCCN)ccc2o1. The van der Waals surface area contributed by atoms with Gasteiger partial charge >= 0.3 is 0 Å². The van der Waals surface area contributed by atoms with E-state index in [-0.39, 0.29) is 0 Å². The number of benzene rings is 1. The molecule has 0 amide bonds. The molecule has 0 spiro atoms. The van der Waals surface area contributed by atoms with Crippen LogP contribution >= 0.6 is 0 Å². The van der Waals surface area contributed by atoms with Gasteiger partial charge < -0.3 is 14.9 Å². The van der Waals surface area contributed by atoms with Gasteiger partial charge in [0.05, 0.1) is 6.61 Å². The van der Waals surface area contributed by atoms with E-state index in [4.69, 9.17) is 14.9 Å². The topological polar surface area (TPSA) is 61.3 Å². The molecule has 0 bridgehead atoms. The lowest BCUT2D eigenvalue weighted by Crippen LogP contribution is -2.05. The first-order chi connectivity index (χ1) is 7.83. The van der Waals surface area contributed by atoms with Crippen LogP contribution in [-0.2, 0) is 6.42 Å². The number of ether oxygens (including phenoxy) is 1. The zero-order valence-corrected chi connectivity index (χ0v) is 9.40. The normalized spacial score (nSPS) is 10.9. The van der Waals surface area contributed by atoms with Gasteiger partial charge in [-0.3, -0.25) is 0 Å². The monoisotopic (exact) mass is 220 g/mol. The van der Waals surface area contributed by atoms with Crippen molar-refractivity contribution in [2.75, 3.05) is 13.2 Å².